The van der Waals surface area contributed by atoms with Crippen molar-refractivity contribution in [3.05, 3.63) is 52.8 Å². The highest BCUT2D eigenvalue weighted by Gasteiger charge is 2.24. The van der Waals surface area contributed by atoms with E-state index >= 15 is 0 Å². The maximum atomic E-state index is 13.8. The lowest BCUT2D eigenvalue weighted by Gasteiger charge is -2.21. The number of pyridine rings is 2. The molecule has 0 aliphatic heterocycles. The fourth-order valence-electron chi connectivity index (χ4n) is 1.91. The van der Waals surface area contributed by atoms with Gasteiger partial charge in [-0.25, -0.2) is 14.2 Å². The molecule has 0 aliphatic carbocycles. The van der Waals surface area contributed by atoms with Gasteiger partial charge in [-0.1, -0.05) is 11.6 Å². The SMILES string of the molecule is CC(C)(C)OC(=O)Nc1ccc(Cl)nc1C(O)c1ncccc1F. The first kappa shape index (κ1) is 18.1. The maximum Gasteiger partial charge on any atom is 0.412 e. The molecule has 24 heavy (non-hydrogen) atoms. The van der Waals surface area contributed by atoms with Gasteiger partial charge in [0, 0.05) is 6.20 Å². The summed E-state index contributed by atoms with van der Waals surface area (Å²) in [5.74, 6) is -0.699. The highest BCUT2D eigenvalue weighted by Crippen LogP contribution is 2.28. The maximum absolute atomic E-state index is 13.8. The summed E-state index contributed by atoms with van der Waals surface area (Å²) in [6.45, 7) is 5.14. The molecule has 0 aliphatic rings. The fourth-order valence-corrected chi connectivity index (χ4v) is 2.06. The number of ether oxygens (including phenoxy) is 1. The van der Waals surface area contributed by atoms with Crippen LogP contribution in [0.2, 0.25) is 5.15 Å². The van der Waals surface area contributed by atoms with Gasteiger partial charge in [-0.15, -0.1) is 0 Å². The van der Waals surface area contributed by atoms with E-state index < -0.39 is 23.6 Å². The fraction of sp³-hybridized carbons (Fsp3) is 0.312. The predicted molar refractivity (Wildman–Crippen MR) is 87.4 cm³/mol. The van der Waals surface area contributed by atoms with Crippen molar-refractivity contribution in [2.24, 2.45) is 0 Å². The van der Waals surface area contributed by atoms with E-state index in [-0.39, 0.29) is 22.2 Å². The van der Waals surface area contributed by atoms with Crippen LogP contribution in [0.3, 0.4) is 0 Å². The summed E-state index contributed by atoms with van der Waals surface area (Å²) in [4.78, 5) is 19.7. The van der Waals surface area contributed by atoms with Crippen molar-refractivity contribution in [2.75, 3.05) is 5.32 Å². The number of nitrogens with zero attached hydrogens (tertiary/aromatic N) is 2. The highest BCUT2D eigenvalue weighted by atomic mass is 35.5. The number of carbonyl (C=O) groups is 1. The number of carbonyl (C=O) groups excluding carboxylic acids is 1. The van der Waals surface area contributed by atoms with Gasteiger partial charge in [-0.3, -0.25) is 10.3 Å². The van der Waals surface area contributed by atoms with Crippen LogP contribution in [0.5, 0.6) is 0 Å². The predicted octanol–water partition coefficient (Wildman–Crippen LogP) is 3.70. The molecule has 0 aromatic carbocycles. The zero-order chi connectivity index (χ0) is 17.9. The molecular formula is C16H17ClFN3O3. The molecule has 0 spiro atoms. The Morgan fingerprint density at radius 2 is 2.04 bits per heavy atom. The summed E-state index contributed by atoms with van der Waals surface area (Å²) >= 11 is 5.85. The van der Waals surface area contributed by atoms with Crippen molar-refractivity contribution >= 4 is 23.4 Å². The molecule has 8 heteroatoms. The van der Waals surface area contributed by atoms with Crippen LogP contribution in [0.1, 0.15) is 38.3 Å². The van der Waals surface area contributed by atoms with Crippen LogP contribution in [0.4, 0.5) is 14.9 Å². The lowest BCUT2D eigenvalue weighted by molar-refractivity contribution is 0.0635. The molecule has 2 rings (SSSR count). The Balaban J connectivity index is 2.34. The van der Waals surface area contributed by atoms with E-state index in [9.17, 15) is 14.3 Å². The molecule has 2 aromatic heterocycles. The zero-order valence-corrected chi connectivity index (χ0v) is 14.1. The Morgan fingerprint density at radius 1 is 1.33 bits per heavy atom. The van der Waals surface area contributed by atoms with E-state index in [2.05, 4.69) is 15.3 Å². The van der Waals surface area contributed by atoms with Crippen molar-refractivity contribution in [3.8, 4) is 0 Å². The van der Waals surface area contributed by atoms with Crippen LogP contribution >= 0.6 is 11.6 Å². The Labute approximate surface area is 143 Å². The molecule has 0 saturated carbocycles. The third kappa shape index (κ3) is 4.62. The average Bonchev–Trinajstić information content (AvgIpc) is 2.47. The van der Waals surface area contributed by atoms with Crippen LogP contribution in [-0.2, 0) is 4.74 Å². The van der Waals surface area contributed by atoms with Crippen LogP contribution < -0.4 is 5.32 Å². The number of hydrogen-bond acceptors (Lipinski definition) is 5. The van der Waals surface area contributed by atoms with Crippen LogP contribution in [0.25, 0.3) is 0 Å². The first-order valence-electron chi connectivity index (χ1n) is 7.12. The zero-order valence-electron chi connectivity index (χ0n) is 13.4. The Hall–Kier alpha value is -2.25. The normalized spacial score (nSPS) is 12.6. The molecule has 0 radical (unpaired) electrons. The summed E-state index contributed by atoms with van der Waals surface area (Å²) in [6.07, 6.45) is -0.899. The van der Waals surface area contributed by atoms with Crippen LogP contribution in [-0.4, -0.2) is 26.8 Å². The van der Waals surface area contributed by atoms with Crippen molar-refractivity contribution in [3.63, 3.8) is 0 Å². The van der Waals surface area contributed by atoms with Crippen molar-refractivity contribution in [1.82, 2.24) is 9.97 Å². The first-order valence-corrected chi connectivity index (χ1v) is 7.50. The largest absolute Gasteiger partial charge is 0.444 e. The minimum atomic E-state index is -1.50. The van der Waals surface area contributed by atoms with E-state index in [1.807, 2.05) is 0 Å². The third-order valence-electron chi connectivity index (χ3n) is 2.83. The van der Waals surface area contributed by atoms with Crippen LogP contribution in [0, 0.1) is 5.82 Å². The van der Waals surface area contributed by atoms with Gasteiger partial charge >= 0.3 is 6.09 Å². The lowest BCUT2D eigenvalue weighted by atomic mass is 10.1. The topological polar surface area (TPSA) is 84.3 Å². The Morgan fingerprint density at radius 3 is 2.67 bits per heavy atom. The van der Waals surface area contributed by atoms with E-state index in [1.54, 1.807) is 20.8 Å². The van der Waals surface area contributed by atoms with Gasteiger partial charge in [-0.2, -0.15) is 0 Å². The summed E-state index contributed by atoms with van der Waals surface area (Å²) in [7, 11) is 0. The molecule has 0 bridgehead atoms. The van der Waals surface area contributed by atoms with Gasteiger partial charge in [-0.05, 0) is 45.0 Å². The quantitative estimate of drug-likeness (QED) is 0.822. The summed E-state index contributed by atoms with van der Waals surface area (Å²) in [5, 5.41) is 13.0. The molecule has 128 valence electrons. The first-order chi connectivity index (χ1) is 11.2. The number of aromatic nitrogens is 2. The van der Waals surface area contributed by atoms with Gasteiger partial charge in [0.1, 0.15) is 34.1 Å². The third-order valence-corrected chi connectivity index (χ3v) is 3.04. The highest BCUT2D eigenvalue weighted by molar-refractivity contribution is 6.29. The molecule has 1 amide bonds. The molecule has 2 heterocycles. The molecular weight excluding hydrogens is 337 g/mol. The Kier molecular flexibility index (Phi) is 5.36. The second-order valence-electron chi connectivity index (χ2n) is 5.97. The molecule has 2 aromatic rings. The smallest absolute Gasteiger partial charge is 0.412 e. The van der Waals surface area contributed by atoms with Gasteiger partial charge in [0.2, 0.25) is 0 Å². The van der Waals surface area contributed by atoms with Gasteiger partial charge in [0.25, 0.3) is 0 Å². The standard InChI is InChI=1S/C16H17ClFN3O3/c1-16(2,3)24-15(23)20-10-6-7-11(17)21-13(10)14(22)12-9(18)5-4-8-19-12/h4-8,14,22H,1-3H3,(H,20,23). The molecule has 1 atom stereocenters. The number of anilines is 1. The number of hydrogen-bond donors (Lipinski definition) is 2. The number of halogens is 2. The summed E-state index contributed by atoms with van der Waals surface area (Å²) in [6, 6.07) is 5.44. The monoisotopic (exact) mass is 353 g/mol. The summed E-state index contributed by atoms with van der Waals surface area (Å²) in [5.41, 5.74) is -0.813. The number of amides is 1. The molecule has 2 N–H and O–H groups in total. The minimum absolute atomic E-state index is 0.0361. The summed E-state index contributed by atoms with van der Waals surface area (Å²) < 4.78 is 19.0. The van der Waals surface area contributed by atoms with Crippen molar-refractivity contribution < 1.29 is 19.0 Å². The number of nitrogens with one attached hydrogen (secondary N) is 1. The van der Waals surface area contributed by atoms with Crippen LogP contribution in [0.15, 0.2) is 30.5 Å². The lowest BCUT2D eigenvalue weighted by Crippen LogP contribution is -2.28. The number of rotatable bonds is 3. The molecule has 1 unspecified atom stereocenters. The molecule has 0 fully saturated rings. The van der Waals surface area contributed by atoms with Gasteiger partial charge in [0.05, 0.1) is 5.69 Å². The Bertz CT molecular complexity index is 750. The van der Waals surface area contributed by atoms with Crippen molar-refractivity contribution in [1.29, 1.82) is 0 Å². The number of aliphatic hydroxyl groups is 1. The van der Waals surface area contributed by atoms with E-state index in [0.29, 0.717) is 0 Å². The minimum Gasteiger partial charge on any atom is -0.444 e. The number of aliphatic hydroxyl groups excluding tert-OH is 1. The van der Waals surface area contributed by atoms with E-state index in [0.717, 1.165) is 6.07 Å². The van der Waals surface area contributed by atoms with Crippen molar-refractivity contribution in [2.45, 2.75) is 32.5 Å². The van der Waals surface area contributed by atoms with Gasteiger partial charge in [0.15, 0.2) is 0 Å². The molecule has 6 nitrogen and oxygen atoms in total. The second kappa shape index (κ2) is 7.11. The second-order valence-corrected chi connectivity index (χ2v) is 6.35. The van der Waals surface area contributed by atoms with Gasteiger partial charge < -0.3 is 9.84 Å². The van der Waals surface area contributed by atoms with E-state index in [1.165, 1.54) is 24.4 Å². The van der Waals surface area contributed by atoms with E-state index in [4.69, 9.17) is 16.3 Å². The average molecular weight is 354 g/mol. The molecule has 0 saturated heterocycles.